The number of rotatable bonds is 8. The average molecular weight is 724 g/mol. The van der Waals surface area contributed by atoms with Gasteiger partial charge in [0.25, 0.3) is 30.4 Å². The molecule has 0 bridgehead atoms. The second-order valence-corrected chi connectivity index (χ2v) is 15.8. The summed E-state index contributed by atoms with van der Waals surface area (Å²) >= 11 is 0. The molecule has 16 nitrogen and oxygen atoms in total. The van der Waals surface area contributed by atoms with Crippen LogP contribution < -0.4 is 9.92 Å². The van der Waals surface area contributed by atoms with E-state index in [2.05, 4.69) is 10.2 Å². The Morgan fingerprint density at radius 3 is 1.87 bits per heavy atom. The fraction of sp³-hybridized carbons (Fsp3) is 0.0370. The average Bonchev–Trinajstić information content (AvgIpc) is 2.95. The lowest BCUT2D eigenvalue weighted by molar-refractivity contribution is 0.470. The van der Waals surface area contributed by atoms with Gasteiger partial charge >= 0.3 is 10.1 Å². The Hall–Kier alpha value is -4.70. The summed E-state index contributed by atoms with van der Waals surface area (Å²) in [7, 11) is -19.4. The molecule has 0 spiro atoms. The van der Waals surface area contributed by atoms with Crippen LogP contribution in [0.15, 0.2) is 103 Å². The number of nitrogens with two attached hydrogens (primary N) is 1. The summed E-state index contributed by atoms with van der Waals surface area (Å²) in [6, 6.07) is 13.2. The number of hydrogen-bond acceptors (Lipinski definition) is 13. The van der Waals surface area contributed by atoms with Gasteiger partial charge in [-0.3, -0.25) is 13.7 Å². The van der Waals surface area contributed by atoms with Gasteiger partial charge in [0.1, 0.15) is 21.2 Å². The third-order valence-electron chi connectivity index (χ3n) is 6.70. The van der Waals surface area contributed by atoms with Gasteiger partial charge in [-0.05, 0) is 54.8 Å². The molecule has 0 aliphatic carbocycles. The third kappa shape index (κ3) is 6.88. The minimum absolute atomic E-state index is 0.00923. The van der Waals surface area contributed by atoms with Crippen molar-refractivity contribution in [3.05, 3.63) is 78.4 Å². The van der Waals surface area contributed by atoms with E-state index in [-0.39, 0.29) is 21.4 Å². The smallest absolute Gasteiger partial charge is 0.339 e. The van der Waals surface area contributed by atoms with Gasteiger partial charge in [-0.1, -0.05) is 23.8 Å². The largest absolute Gasteiger partial charge is 0.507 e. The SMILES string of the molecule is Cc1ccc(S(=O)(=O)Oc2cc(S(=O)(=O)O)cc3ccc(/N=N\c4cc(S(=O)(=O)O)c5cc(S(=O)(=O)O)cc(O)c5c4N)cc23)cc1. The Labute approximate surface area is 267 Å². The molecule has 5 aromatic carbocycles. The predicted octanol–water partition coefficient (Wildman–Crippen LogP) is 4.51. The van der Waals surface area contributed by atoms with Gasteiger partial charge in [0.05, 0.1) is 26.6 Å². The fourth-order valence-electron chi connectivity index (χ4n) is 4.48. The second-order valence-electron chi connectivity index (χ2n) is 9.98. The molecule has 20 heteroatoms. The quantitative estimate of drug-likeness (QED) is 0.0637. The number of hydrogen-bond donors (Lipinski definition) is 5. The van der Waals surface area contributed by atoms with Crippen molar-refractivity contribution in [1.29, 1.82) is 0 Å². The zero-order valence-corrected chi connectivity index (χ0v) is 26.8. The molecule has 0 saturated carbocycles. The highest BCUT2D eigenvalue weighted by molar-refractivity contribution is 7.87. The molecular formula is C27H21N3O13S4. The highest BCUT2D eigenvalue weighted by atomic mass is 32.2. The van der Waals surface area contributed by atoms with Crippen LogP contribution in [0.3, 0.4) is 0 Å². The lowest BCUT2D eigenvalue weighted by atomic mass is 10.1. The first kappa shape index (κ1) is 33.7. The predicted molar refractivity (Wildman–Crippen MR) is 167 cm³/mol. The number of anilines is 1. The molecule has 5 rings (SSSR count). The monoisotopic (exact) mass is 723 g/mol. The molecule has 246 valence electrons. The molecule has 0 saturated heterocycles. The van der Waals surface area contributed by atoms with Gasteiger partial charge in [-0.2, -0.15) is 38.8 Å². The van der Waals surface area contributed by atoms with E-state index in [1.807, 2.05) is 0 Å². The first-order valence-electron chi connectivity index (χ1n) is 12.7. The van der Waals surface area contributed by atoms with Gasteiger partial charge in [0, 0.05) is 22.9 Å². The molecule has 47 heavy (non-hydrogen) atoms. The van der Waals surface area contributed by atoms with E-state index in [4.69, 9.17) is 9.92 Å². The van der Waals surface area contributed by atoms with Crippen molar-refractivity contribution in [2.45, 2.75) is 26.5 Å². The van der Waals surface area contributed by atoms with Crippen LogP contribution >= 0.6 is 0 Å². The van der Waals surface area contributed by atoms with Gasteiger partial charge in [-0.25, -0.2) is 0 Å². The van der Waals surface area contributed by atoms with E-state index in [0.29, 0.717) is 12.1 Å². The Bertz CT molecular complexity index is 2610. The number of azo groups is 1. The van der Waals surface area contributed by atoms with E-state index >= 15 is 0 Å². The Morgan fingerprint density at radius 1 is 0.660 bits per heavy atom. The number of aryl methyl sites for hydroxylation is 1. The number of phenolic OH excluding ortho intramolecular Hbond substituents is 1. The summed E-state index contributed by atoms with van der Waals surface area (Å²) in [4.78, 5) is -2.76. The van der Waals surface area contributed by atoms with Gasteiger partial charge in [0.2, 0.25) is 0 Å². The number of nitrogen functional groups attached to an aromatic ring is 1. The van der Waals surface area contributed by atoms with E-state index < -0.39 is 88.8 Å². The summed E-state index contributed by atoms with van der Waals surface area (Å²) in [5, 5.41) is 17.4. The Morgan fingerprint density at radius 2 is 1.28 bits per heavy atom. The molecule has 0 heterocycles. The van der Waals surface area contributed by atoms with Gasteiger partial charge in [-0.15, -0.1) is 5.11 Å². The van der Waals surface area contributed by atoms with Crippen molar-refractivity contribution in [3.8, 4) is 11.5 Å². The third-order valence-corrected chi connectivity index (χ3v) is 10.5. The van der Waals surface area contributed by atoms with Crippen LogP contribution in [0.1, 0.15) is 5.56 Å². The molecular weight excluding hydrogens is 703 g/mol. The van der Waals surface area contributed by atoms with Crippen molar-refractivity contribution in [2.75, 3.05) is 5.73 Å². The second kappa shape index (κ2) is 11.5. The molecule has 0 atom stereocenters. The van der Waals surface area contributed by atoms with Crippen LogP contribution in [0, 0.1) is 6.92 Å². The Kier molecular flexibility index (Phi) is 8.25. The van der Waals surface area contributed by atoms with Crippen molar-refractivity contribution in [1.82, 2.24) is 0 Å². The Balaban J connectivity index is 1.67. The van der Waals surface area contributed by atoms with E-state index in [0.717, 1.165) is 23.8 Å². The van der Waals surface area contributed by atoms with Crippen LogP contribution in [0.25, 0.3) is 21.5 Å². The maximum Gasteiger partial charge on any atom is 0.339 e. The minimum atomic E-state index is -5.11. The van der Waals surface area contributed by atoms with Crippen LogP contribution in [-0.2, 0) is 40.5 Å². The zero-order valence-electron chi connectivity index (χ0n) is 23.5. The summed E-state index contributed by atoms with van der Waals surface area (Å²) in [5.74, 6) is -1.39. The first-order chi connectivity index (χ1) is 21.6. The first-order valence-corrected chi connectivity index (χ1v) is 18.4. The molecule has 0 aliphatic heterocycles. The van der Waals surface area contributed by atoms with Crippen molar-refractivity contribution < 1.29 is 56.6 Å². The van der Waals surface area contributed by atoms with Crippen molar-refractivity contribution in [2.24, 2.45) is 10.2 Å². The summed E-state index contributed by atoms with van der Waals surface area (Å²) in [6.07, 6.45) is 0. The van der Waals surface area contributed by atoms with E-state index in [9.17, 15) is 52.4 Å². The van der Waals surface area contributed by atoms with Crippen LogP contribution in [0.4, 0.5) is 17.1 Å². The lowest BCUT2D eigenvalue weighted by Crippen LogP contribution is -2.10. The summed E-state index contributed by atoms with van der Waals surface area (Å²) in [5.41, 5.74) is 5.96. The molecule has 0 fully saturated rings. The van der Waals surface area contributed by atoms with Crippen molar-refractivity contribution in [3.63, 3.8) is 0 Å². The number of benzene rings is 5. The molecule has 5 aromatic rings. The molecule has 6 N–H and O–H groups in total. The molecule has 0 radical (unpaired) electrons. The molecule has 0 unspecified atom stereocenters. The molecule has 0 amide bonds. The van der Waals surface area contributed by atoms with E-state index in [1.165, 1.54) is 42.5 Å². The molecule has 0 aromatic heterocycles. The van der Waals surface area contributed by atoms with Crippen molar-refractivity contribution >= 4 is 79.1 Å². The van der Waals surface area contributed by atoms with Crippen LogP contribution in [0.5, 0.6) is 11.5 Å². The number of fused-ring (bicyclic) bond motifs is 2. The number of nitrogens with zero attached hydrogens (tertiary/aromatic N) is 2. The van der Waals surface area contributed by atoms with Crippen LogP contribution in [0.2, 0.25) is 0 Å². The molecule has 0 aliphatic rings. The topological polar surface area (TPSA) is 277 Å². The standard InChI is InChI=1S/C27H21N3O13S4/c1-14-2-6-17(7-3-14)47(41,42)43-24-12-18(44(32,33)34)8-15-4-5-16(9-20(15)24)29-30-22-13-25(46(38,39)40)21-10-19(45(35,36)37)11-23(31)26(21)27(22)28/h2-13,31H,28H2,1H3,(H,32,33,34)(H,35,36,37)(H,38,39,40)/b30-29-. The highest BCUT2D eigenvalue weighted by Crippen LogP contribution is 2.43. The van der Waals surface area contributed by atoms with Gasteiger partial charge in [0.15, 0.2) is 5.75 Å². The maximum atomic E-state index is 13.0. The van der Waals surface area contributed by atoms with Gasteiger partial charge < -0.3 is 15.0 Å². The highest BCUT2D eigenvalue weighted by Gasteiger charge is 2.25. The number of aromatic hydroxyl groups is 1. The fourth-order valence-corrected chi connectivity index (χ4v) is 7.18. The minimum Gasteiger partial charge on any atom is -0.507 e. The lowest BCUT2D eigenvalue weighted by Gasteiger charge is -2.13. The maximum absolute atomic E-state index is 13.0. The summed E-state index contributed by atoms with van der Waals surface area (Å²) in [6.45, 7) is 1.73. The zero-order chi connectivity index (χ0) is 34.7. The van der Waals surface area contributed by atoms with Crippen LogP contribution in [-0.4, -0.2) is 52.4 Å². The van der Waals surface area contributed by atoms with E-state index in [1.54, 1.807) is 6.92 Å². The number of phenols is 1. The summed E-state index contributed by atoms with van der Waals surface area (Å²) < 4.78 is 132. The normalized spacial score (nSPS) is 13.0.